The van der Waals surface area contributed by atoms with Gasteiger partial charge >= 0.3 is 5.97 Å². The van der Waals surface area contributed by atoms with E-state index in [0.717, 1.165) is 10.9 Å². The van der Waals surface area contributed by atoms with Crippen molar-refractivity contribution in [2.45, 2.75) is 6.42 Å². The van der Waals surface area contributed by atoms with Gasteiger partial charge in [-0.05, 0) is 36.2 Å². The number of esters is 1. The lowest BCUT2D eigenvalue weighted by molar-refractivity contribution is -0.124. The summed E-state index contributed by atoms with van der Waals surface area (Å²) in [6.45, 7) is -0.00630. The summed E-state index contributed by atoms with van der Waals surface area (Å²) in [5, 5.41) is 4.71. The second kappa shape index (κ2) is 8.84. The van der Waals surface area contributed by atoms with Crippen molar-refractivity contribution in [1.82, 2.24) is 10.3 Å². The van der Waals surface area contributed by atoms with Gasteiger partial charge in [0, 0.05) is 22.0 Å². The maximum absolute atomic E-state index is 12.1. The van der Waals surface area contributed by atoms with E-state index in [1.54, 1.807) is 30.3 Å². The molecule has 0 saturated heterocycles. The molecule has 0 unspecified atom stereocenters. The molecule has 0 spiro atoms. The van der Waals surface area contributed by atoms with Crippen LogP contribution in [0.4, 0.5) is 0 Å². The first-order chi connectivity index (χ1) is 13.0. The summed E-state index contributed by atoms with van der Waals surface area (Å²) in [6, 6.07) is 16.0. The van der Waals surface area contributed by atoms with E-state index in [1.165, 1.54) is 0 Å². The smallest absolute Gasteiger partial charge is 0.357 e. The van der Waals surface area contributed by atoms with Gasteiger partial charge in [0.1, 0.15) is 5.69 Å². The van der Waals surface area contributed by atoms with E-state index >= 15 is 0 Å². The predicted octanol–water partition coefficient (Wildman–Crippen LogP) is 4.06. The molecule has 0 aliphatic rings. The SMILES string of the molecule is O=C(COC(=O)c1ccc2ccccc2n1)NCCc1ccc(Cl)cc1Cl. The molecule has 138 valence electrons. The average molecular weight is 403 g/mol. The number of fused-ring (bicyclic) bond motifs is 1. The Morgan fingerprint density at radius 2 is 1.85 bits per heavy atom. The Morgan fingerprint density at radius 1 is 1.04 bits per heavy atom. The van der Waals surface area contributed by atoms with E-state index in [4.69, 9.17) is 27.9 Å². The van der Waals surface area contributed by atoms with Gasteiger partial charge in [-0.15, -0.1) is 0 Å². The van der Waals surface area contributed by atoms with Crippen LogP contribution in [-0.4, -0.2) is 30.0 Å². The number of amides is 1. The molecule has 0 aliphatic carbocycles. The van der Waals surface area contributed by atoms with E-state index in [-0.39, 0.29) is 12.3 Å². The standard InChI is InChI=1S/C20H16Cl2N2O3/c21-15-7-5-13(16(22)11-15)9-10-23-19(25)12-27-20(26)18-8-6-14-3-1-2-4-17(14)24-18/h1-8,11H,9-10,12H2,(H,23,25). The van der Waals surface area contributed by atoms with E-state index in [1.807, 2.05) is 24.3 Å². The van der Waals surface area contributed by atoms with Gasteiger partial charge in [-0.3, -0.25) is 4.79 Å². The molecular weight excluding hydrogens is 387 g/mol. The molecule has 1 heterocycles. The minimum atomic E-state index is -0.642. The first-order valence-electron chi connectivity index (χ1n) is 8.26. The molecule has 0 bridgehead atoms. The maximum atomic E-state index is 12.1. The number of aromatic nitrogens is 1. The summed E-state index contributed by atoms with van der Waals surface area (Å²) < 4.78 is 5.02. The number of hydrogen-bond donors (Lipinski definition) is 1. The first-order valence-corrected chi connectivity index (χ1v) is 9.02. The molecule has 1 aromatic heterocycles. The van der Waals surface area contributed by atoms with Crippen LogP contribution in [0.3, 0.4) is 0 Å². The summed E-state index contributed by atoms with van der Waals surface area (Å²) >= 11 is 11.9. The number of ether oxygens (including phenoxy) is 1. The number of rotatable bonds is 6. The zero-order chi connectivity index (χ0) is 19.2. The molecule has 0 aliphatic heterocycles. The molecule has 3 aromatic rings. The van der Waals surface area contributed by atoms with Gasteiger partial charge in [-0.1, -0.05) is 53.5 Å². The number of carbonyl (C=O) groups excluding carboxylic acids is 2. The predicted molar refractivity (Wildman–Crippen MR) is 105 cm³/mol. The molecule has 5 nitrogen and oxygen atoms in total. The third kappa shape index (κ3) is 5.18. The number of pyridine rings is 1. The molecule has 3 rings (SSSR count). The maximum Gasteiger partial charge on any atom is 0.357 e. The second-order valence-corrected chi connectivity index (χ2v) is 6.64. The summed E-state index contributed by atoms with van der Waals surface area (Å²) in [6.07, 6.45) is 0.544. The van der Waals surface area contributed by atoms with E-state index < -0.39 is 11.9 Å². The molecule has 0 saturated carbocycles. The third-order valence-corrected chi connectivity index (χ3v) is 4.46. The van der Waals surface area contributed by atoms with E-state index in [2.05, 4.69) is 10.3 Å². The number of para-hydroxylation sites is 1. The number of halogens is 2. The third-order valence-electron chi connectivity index (χ3n) is 3.87. The van der Waals surface area contributed by atoms with Crippen molar-refractivity contribution in [2.24, 2.45) is 0 Å². The molecular formula is C20H16Cl2N2O3. The minimum absolute atomic E-state index is 0.162. The monoisotopic (exact) mass is 402 g/mol. The van der Waals surface area contributed by atoms with Crippen LogP contribution in [0.15, 0.2) is 54.6 Å². The van der Waals surface area contributed by atoms with Crippen LogP contribution in [0.1, 0.15) is 16.1 Å². The topological polar surface area (TPSA) is 68.3 Å². The van der Waals surface area contributed by atoms with Crippen LogP contribution < -0.4 is 5.32 Å². The average Bonchev–Trinajstić information content (AvgIpc) is 2.67. The second-order valence-electron chi connectivity index (χ2n) is 5.80. The largest absolute Gasteiger partial charge is 0.451 e. The molecule has 2 aromatic carbocycles. The molecule has 0 fully saturated rings. The molecule has 1 N–H and O–H groups in total. The van der Waals surface area contributed by atoms with Crippen LogP contribution in [0, 0.1) is 0 Å². The van der Waals surface area contributed by atoms with Crippen LogP contribution in [0.2, 0.25) is 10.0 Å². The zero-order valence-corrected chi connectivity index (χ0v) is 15.8. The van der Waals surface area contributed by atoms with E-state index in [9.17, 15) is 9.59 Å². The number of carbonyl (C=O) groups is 2. The van der Waals surface area contributed by atoms with Gasteiger partial charge in [0.2, 0.25) is 0 Å². The highest BCUT2D eigenvalue weighted by Crippen LogP contribution is 2.21. The number of nitrogens with one attached hydrogen (secondary N) is 1. The van der Waals surface area contributed by atoms with Crippen LogP contribution in [-0.2, 0) is 16.0 Å². The van der Waals surface area contributed by atoms with Gasteiger partial charge in [-0.25, -0.2) is 9.78 Å². The number of hydrogen-bond acceptors (Lipinski definition) is 4. The molecule has 7 heteroatoms. The lowest BCUT2D eigenvalue weighted by atomic mass is 10.1. The van der Waals surface area contributed by atoms with Crippen molar-refractivity contribution >= 4 is 46.0 Å². The number of nitrogens with zero attached hydrogens (tertiary/aromatic N) is 1. The Morgan fingerprint density at radius 3 is 2.67 bits per heavy atom. The van der Waals surface area contributed by atoms with Gasteiger partial charge in [0.15, 0.2) is 6.61 Å². The fourth-order valence-electron chi connectivity index (χ4n) is 2.50. The fourth-order valence-corrected chi connectivity index (χ4v) is 3.00. The highest BCUT2D eigenvalue weighted by Gasteiger charge is 2.12. The van der Waals surface area contributed by atoms with Crippen molar-refractivity contribution < 1.29 is 14.3 Å². The number of benzene rings is 2. The van der Waals surface area contributed by atoms with Crippen molar-refractivity contribution in [3.05, 3.63) is 75.9 Å². The summed E-state index contributed by atoms with van der Waals surface area (Å²) in [4.78, 5) is 28.2. The van der Waals surface area contributed by atoms with Crippen LogP contribution >= 0.6 is 23.2 Å². The Labute approximate surface area is 166 Å². The lowest BCUT2D eigenvalue weighted by Crippen LogP contribution is -2.30. The Balaban J connectivity index is 1.47. The molecule has 27 heavy (non-hydrogen) atoms. The van der Waals surface area contributed by atoms with Crippen molar-refractivity contribution in [3.63, 3.8) is 0 Å². The highest BCUT2D eigenvalue weighted by molar-refractivity contribution is 6.35. The Bertz CT molecular complexity index is 992. The normalized spacial score (nSPS) is 10.6. The van der Waals surface area contributed by atoms with Gasteiger partial charge < -0.3 is 10.1 Å². The van der Waals surface area contributed by atoms with Crippen LogP contribution in [0.5, 0.6) is 0 Å². The zero-order valence-electron chi connectivity index (χ0n) is 14.2. The summed E-state index contributed by atoms with van der Waals surface area (Å²) in [5.41, 5.74) is 1.73. The quantitative estimate of drug-likeness (QED) is 0.631. The van der Waals surface area contributed by atoms with E-state index in [0.29, 0.717) is 28.5 Å². The first kappa shape index (κ1) is 19.1. The lowest BCUT2D eigenvalue weighted by Gasteiger charge is -2.08. The summed E-state index contributed by atoms with van der Waals surface area (Å²) in [7, 11) is 0. The van der Waals surface area contributed by atoms with Crippen molar-refractivity contribution in [1.29, 1.82) is 0 Å². The fraction of sp³-hybridized carbons (Fsp3) is 0.150. The molecule has 0 radical (unpaired) electrons. The van der Waals surface area contributed by atoms with Crippen molar-refractivity contribution in [3.8, 4) is 0 Å². The van der Waals surface area contributed by atoms with Gasteiger partial charge in [-0.2, -0.15) is 0 Å². The van der Waals surface area contributed by atoms with Crippen LogP contribution in [0.25, 0.3) is 10.9 Å². The molecule has 1 amide bonds. The highest BCUT2D eigenvalue weighted by atomic mass is 35.5. The van der Waals surface area contributed by atoms with Gasteiger partial charge in [0.05, 0.1) is 5.52 Å². The summed E-state index contributed by atoms with van der Waals surface area (Å²) in [5.74, 6) is -1.04. The van der Waals surface area contributed by atoms with Gasteiger partial charge in [0.25, 0.3) is 5.91 Å². The Kier molecular flexibility index (Phi) is 6.27. The Hall–Kier alpha value is -2.63. The molecule has 0 atom stereocenters. The van der Waals surface area contributed by atoms with Crippen molar-refractivity contribution in [2.75, 3.05) is 13.2 Å². The minimum Gasteiger partial charge on any atom is -0.451 e.